The summed E-state index contributed by atoms with van der Waals surface area (Å²) in [7, 11) is 1.37. The van der Waals surface area contributed by atoms with Crippen molar-refractivity contribution >= 4 is 23.4 Å². The molecular weight excluding hydrogens is 413 g/mol. The molecule has 10 heteroatoms. The van der Waals surface area contributed by atoms with Crippen molar-refractivity contribution in [2.24, 2.45) is 7.05 Å². The van der Waals surface area contributed by atoms with Gasteiger partial charge in [-0.1, -0.05) is 42.5 Å². The Balaban J connectivity index is 2.08. The van der Waals surface area contributed by atoms with Crippen LogP contribution in [0.3, 0.4) is 0 Å². The summed E-state index contributed by atoms with van der Waals surface area (Å²) in [6, 6.07) is 12.6. The summed E-state index contributed by atoms with van der Waals surface area (Å²) in [5, 5.41) is 5.93. The summed E-state index contributed by atoms with van der Waals surface area (Å²) in [6.07, 6.45) is -1.91. The van der Waals surface area contributed by atoms with E-state index in [2.05, 4.69) is 10.4 Å². The zero-order valence-electron chi connectivity index (χ0n) is 14.9. The van der Waals surface area contributed by atoms with Gasteiger partial charge in [0.25, 0.3) is 12.3 Å². The Labute approximate surface area is 166 Å². The Morgan fingerprint density at radius 3 is 2.41 bits per heavy atom. The van der Waals surface area contributed by atoms with Gasteiger partial charge >= 0.3 is 5.51 Å². The number of amides is 1. The maximum absolute atomic E-state index is 13.2. The lowest BCUT2D eigenvalue weighted by molar-refractivity contribution is -0.0328. The molecule has 0 radical (unpaired) electrons. The third kappa shape index (κ3) is 4.94. The summed E-state index contributed by atoms with van der Waals surface area (Å²) >= 11 is -0.395. The Kier molecular flexibility index (Phi) is 5.92. The van der Waals surface area contributed by atoms with E-state index in [1.165, 1.54) is 19.2 Å². The predicted octanol–water partition coefficient (Wildman–Crippen LogP) is 5.89. The number of aryl methyl sites for hydroxylation is 1. The number of alkyl halides is 5. The number of thioether (sulfide) groups is 1. The van der Waals surface area contributed by atoms with Crippen LogP contribution in [0, 0.1) is 0 Å². The van der Waals surface area contributed by atoms with Gasteiger partial charge in [0.15, 0.2) is 0 Å². The summed E-state index contributed by atoms with van der Waals surface area (Å²) in [5.74, 6) is -0.971. The molecule has 3 rings (SSSR count). The van der Waals surface area contributed by atoms with Crippen LogP contribution < -0.4 is 5.32 Å². The Morgan fingerprint density at radius 2 is 1.79 bits per heavy atom. The fraction of sp³-hybridized carbons (Fsp3) is 0.158. The van der Waals surface area contributed by atoms with E-state index in [-0.39, 0.29) is 10.6 Å². The highest BCUT2D eigenvalue weighted by Crippen LogP contribution is 2.44. The van der Waals surface area contributed by atoms with Crippen LogP contribution in [0.5, 0.6) is 0 Å². The minimum atomic E-state index is -4.60. The van der Waals surface area contributed by atoms with E-state index in [0.29, 0.717) is 11.1 Å². The van der Waals surface area contributed by atoms with Gasteiger partial charge in [0.05, 0.1) is 11.3 Å². The molecule has 152 valence electrons. The van der Waals surface area contributed by atoms with Gasteiger partial charge in [-0.25, -0.2) is 8.78 Å². The number of carbonyl (C=O) groups is 1. The standard InChI is InChI=1S/C19H14F5N3OS/c1-27-10-13(16(26-27)17(20)21)18(28)25-15-12(11-6-3-2-4-7-11)8-5-9-14(15)29-19(22,23)24/h2-10,17H,1H3,(H,25,28). The lowest BCUT2D eigenvalue weighted by Crippen LogP contribution is -2.15. The average Bonchev–Trinajstić information content (AvgIpc) is 3.05. The van der Waals surface area contributed by atoms with Gasteiger partial charge in [0.1, 0.15) is 5.69 Å². The molecule has 0 unspecified atom stereocenters. The topological polar surface area (TPSA) is 46.9 Å². The lowest BCUT2D eigenvalue weighted by atomic mass is 10.0. The molecule has 0 bridgehead atoms. The molecule has 29 heavy (non-hydrogen) atoms. The normalized spacial score (nSPS) is 11.7. The number of benzene rings is 2. The monoisotopic (exact) mass is 427 g/mol. The largest absolute Gasteiger partial charge is 0.446 e. The van der Waals surface area contributed by atoms with Crippen LogP contribution in [-0.2, 0) is 7.05 Å². The third-order valence-electron chi connectivity index (χ3n) is 3.88. The first kappa shape index (κ1) is 20.8. The van der Waals surface area contributed by atoms with Crippen LogP contribution in [0.25, 0.3) is 11.1 Å². The van der Waals surface area contributed by atoms with E-state index in [9.17, 15) is 26.7 Å². The first-order valence-electron chi connectivity index (χ1n) is 8.23. The number of para-hydroxylation sites is 1. The maximum atomic E-state index is 13.2. The minimum absolute atomic E-state index is 0.116. The number of hydrogen-bond donors (Lipinski definition) is 1. The molecule has 0 fully saturated rings. The zero-order chi connectivity index (χ0) is 21.2. The Bertz CT molecular complexity index is 1020. The molecule has 0 aliphatic carbocycles. The van der Waals surface area contributed by atoms with E-state index in [4.69, 9.17) is 0 Å². The van der Waals surface area contributed by atoms with Crippen LogP contribution in [-0.4, -0.2) is 21.2 Å². The van der Waals surface area contributed by atoms with Crippen molar-refractivity contribution in [3.05, 3.63) is 66.0 Å². The highest BCUT2D eigenvalue weighted by atomic mass is 32.2. The van der Waals surface area contributed by atoms with Gasteiger partial charge in [-0.2, -0.15) is 18.3 Å². The number of nitrogens with zero attached hydrogens (tertiary/aromatic N) is 2. The highest BCUT2D eigenvalue weighted by Gasteiger charge is 2.32. The molecule has 0 saturated carbocycles. The van der Waals surface area contributed by atoms with Gasteiger partial charge in [0.2, 0.25) is 0 Å². The van der Waals surface area contributed by atoms with Crippen molar-refractivity contribution < 1.29 is 26.7 Å². The highest BCUT2D eigenvalue weighted by molar-refractivity contribution is 8.00. The number of hydrogen-bond acceptors (Lipinski definition) is 3. The van der Waals surface area contributed by atoms with E-state index >= 15 is 0 Å². The molecular formula is C19H14F5N3OS. The van der Waals surface area contributed by atoms with E-state index < -0.39 is 40.9 Å². The van der Waals surface area contributed by atoms with Gasteiger partial charge < -0.3 is 5.32 Å². The van der Waals surface area contributed by atoms with Crippen LogP contribution in [0.1, 0.15) is 22.5 Å². The number of aromatic nitrogens is 2. The van der Waals surface area contributed by atoms with Gasteiger partial charge in [-0.05, 0) is 23.4 Å². The van der Waals surface area contributed by atoms with Crippen LogP contribution >= 0.6 is 11.8 Å². The quantitative estimate of drug-likeness (QED) is 0.408. The molecule has 3 aromatic rings. The van der Waals surface area contributed by atoms with Crippen LogP contribution in [0.2, 0.25) is 0 Å². The summed E-state index contributed by atoms with van der Waals surface area (Å²) in [4.78, 5) is 12.4. The molecule has 0 atom stereocenters. The first-order chi connectivity index (χ1) is 13.7. The number of anilines is 1. The summed E-state index contributed by atoms with van der Waals surface area (Å²) < 4.78 is 66.5. The van der Waals surface area contributed by atoms with Gasteiger partial charge in [-0.3, -0.25) is 9.48 Å². The zero-order valence-corrected chi connectivity index (χ0v) is 15.7. The first-order valence-corrected chi connectivity index (χ1v) is 9.04. The molecule has 2 aromatic carbocycles. The van der Waals surface area contributed by atoms with Gasteiger partial charge in [-0.15, -0.1) is 0 Å². The smallest absolute Gasteiger partial charge is 0.320 e. The maximum Gasteiger partial charge on any atom is 0.446 e. The number of rotatable bonds is 5. The molecule has 4 nitrogen and oxygen atoms in total. The molecule has 1 heterocycles. The van der Waals surface area contributed by atoms with Crippen molar-refractivity contribution in [3.63, 3.8) is 0 Å². The summed E-state index contributed by atoms with van der Waals surface area (Å²) in [6.45, 7) is 0. The Morgan fingerprint density at radius 1 is 1.10 bits per heavy atom. The lowest BCUT2D eigenvalue weighted by Gasteiger charge is -2.17. The van der Waals surface area contributed by atoms with Crippen molar-refractivity contribution in [3.8, 4) is 11.1 Å². The minimum Gasteiger partial charge on any atom is -0.320 e. The fourth-order valence-corrected chi connectivity index (χ4v) is 3.41. The number of halogens is 5. The predicted molar refractivity (Wildman–Crippen MR) is 99.9 cm³/mol. The SMILES string of the molecule is Cn1cc(C(=O)Nc2c(SC(F)(F)F)cccc2-c2ccccc2)c(C(F)F)n1. The van der Waals surface area contributed by atoms with Crippen LogP contribution in [0.15, 0.2) is 59.6 Å². The molecule has 1 amide bonds. The van der Waals surface area contributed by atoms with Crippen molar-refractivity contribution in [1.29, 1.82) is 0 Å². The van der Waals surface area contributed by atoms with E-state index in [0.717, 1.165) is 10.9 Å². The van der Waals surface area contributed by atoms with Crippen molar-refractivity contribution in [2.75, 3.05) is 5.32 Å². The number of carbonyl (C=O) groups excluding carboxylic acids is 1. The van der Waals surface area contributed by atoms with Crippen LogP contribution in [0.4, 0.5) is 27.6 Å². The fourth-order valence-electron chi connectivity index (χ4n) is 2.75. The third-order valence-corrected chi connectivity index (χ3v) is 4.68. The molecule has 0 spiro atoms. The second kappa shape index (κ2) is 8.24. The van der Waals surface area contributed by atoms with Crippen molar-refractivity contribution in [2.45, 2.75) is 16.8 Å². The van der Waals surface area contributed by atoms with E-state index in [1.54, 1.807) is 36.4 Å². The molecule has 1 aromatic heterocycles. The molecule has 0 aliphatic rings. The van der Waals surface area contributed by atoms with Gasteiger partial charge in [0, 0.05) is 23.7 Å². The van der Waals surface area contributed by atoms with E-state index in [1.807, 2.05) is 0 Å². The second-order valence-corrected chi connectivity index (χ2v) is 7.06. The summed E-state index contributed by atoms with van der Waals surface area (Å²) in [5.41, 5.74) is -4.98. The van der Waals surface area contributed by atoms with Crippen molar-refractivity contribution in [1.82, 2.24) is 9.78 Å². The number of nitrogens with one attached hydrogen (secondary N) is 1. The second-order valence-electron chi connectivity index (χ2n) is 5.95. The molecule has 1 N–H and O–H groups in total. The average molecular weight is 427 g/mol. The Hall–Kier alpha value is -2.88. The molecule has 0 saturated heterocycles. The molecule has 0 aliphatic heterocycles.